The van der Waals surface area contributed by atoms with Gasteiger partial charge in [0.15, 0.2) is 0 Å². The molecule has 0 aliphatic rings. The summed E-state index contributed by atoms with van der Waals surface area (Å²) in [5.41, 5.74) is 4.06. The summed E-state index contributed by atoms with van der Waals surface area (Å²) in [6.07, 6.45) is 3.20. The second-order valence-electron chi connectivity index (χ2n) is 7.01. The molecule has 0 bridgehead atoms. The minimum atomic E-state index is -0.238. The first-order valence-corrected chi connectivity index (χ1v) is 9.40. The van der Waals surface area contributed by atoms with Crippen LogP contribution in [0.25, 0.3) is 21.9 Å². The Morgan fingerprint density at radius 3 is 2.82 bits per heavy atom. The highest BCUT2D eigenvalue weighted by atomic mass is 16.2. The Bertz CT molecular complexity index is 1190. The van der Waals surface area contributed by atoms with Gasteiger partial charge in [-0.25, -0.2) is 4.98 Å². The molecule has 6 heteroatoms. The molecule has 0 saturated carbocycles. The van der Waals surface area contributed by atoms with E-state index < -0.39 is 0 Å². The molecule has 28 heavy (non-hydrogen) atoms. The van der Waals surface area contributed by atoms with E-state index in [9.17, 15) is 9.59 Å². The second-order valence-corrected chi connectivity index (χ2v) is 7.01. The lowest BCUT2D eigenvalue weighted by Gasteiger charge is -2.07. The lowest BCUT2D eigenvalue weighted by Crippen LogP contribution is -2.33. The SMILES string of the molecule is Cc1ccc2[nH]c3c(=O)n(CC(=O)NCCCc4ccccc4)cnc3c2c1. The number of H-pyrrole nitrogens is 1. The Kier molecular flexibility index (Phi) is 4.93. The van der Waals surface area contributed by atoms with E-state index in [4.69, 9.17) is 0 Å². The number of carbonyl (C=O) groups excluding carboxylic acids is 1. The van der Waals surface area contributed by atoms with Crippen LogP contribution < -0.4 is 10.9 Å². The quantitative estimate of drug-likeness (QED) is 0.509. The van der Waals surface area contributed by atoms with Gasteiger partial charge < -0.3 is 10.3 Å². The summed E-state index contributed by atoms with van der Waals surface area (Å²) in [7, 11) is 0. The number of aromatic amines is 1. The van der Waals surface area contributed by atoms with Crippen molar-refractivity contribution in [2.75, 3.05) is 6.54 Å². The zero-order valence-electron chi connectivity index (χ0n) is 15.7. The molecule has 1 amide bonds. The molecule has 0 unspecified atom stereocenters. The molecule has 2 aromatic heterocycles. The van der Waals surface area contributed by atoms with E-state index in [1.807, 2.05) is 43.3 Å². The van der Waals surface area contributed by atoms with Crippen LogP contribution in [-0.4, -0.2) is 27.0 Å². The fourth-order valence-electron chi connectivity index (χ4n) is 3.39. The van der Waals surface area contributed by atoms with Gasteiger partial charge in [-0.15, -0.1) is 0 Å². The molecule has 0 aliphatic carbocycles. The van der Waals surface area contributed by atoms with Gasteiger partial charge in [-0.2, -0.15) is 0 Å². The Labute approximate surface area is 162 Å². The molecule has 2 aromatic carbocycles. The Morgan fingerprint density at radius 1 is 1.18 bits per heavy atom. The summed E-state index contributed by atoms with van der Waals surface area (Å²) < 4.78 is 1.34. The van der Waals surface area contributed by atoms with E-state index in [0.29, 0.717) is 17.6 Å². The molecule has 0 radical (unpaired) electrons. The Morgan fingerprint density at radius 2 is 2.00 bits per heavy atom. The molecule has 4 rings (SSSR count). The summed E-state index contributed by atoms with van der Waals surface area (Å²) >= 11 is 0. The van der Waals surface area contributed by atoms with E-state index in [-0.39, 0.29) is 18.0 Å². The largest absolute Gasteiger partial charge is 0.355 e. The normalized spacial score (nSPS) is 11.2. The average molecular weight is 374 g/mol. The number of rotatable bonds is 6. The molecule has 0 saturated heterocycles. The highest BCUT2D eigenvalue weighted by Crippen LogP contribution is 2.22. The number of aromatic nitrogens is 3. The van der Waals surface area contributed by atoms with E-state index in [0.717, 1.165) is 29.3 Å². The second kappa shape index (κ2) is 7.68. The van der Waals surface area contributed by atoms with Crippen LogP contribution >= 0.6 is 0 Å². The van der Waals surface area contributed by atoms with Crippen LogP contribution in [0.5, 0.6) is 0 Å². The number of fused-ring (bicyclic) bond motifs is 3. The van der Waals surface area contributed by atoms with Gasteiger partial charge in [-0.3, -0.25) is 14.2 Å². The van der Waals surface area contributed by atoms with Crippen molar-refractivity contribution in [1.29, 1.82) is 0 Å². The lowest BCUT2D eigenvalue weighted by molar-refractivity contribution is -0.121. The minimum Gasteiger partial charge on any atom is -0.355 e. The summed E-state index contributed by atoms with van der Waals surface area (Å²) in [4.78, 5) is 32.5. The molecule has 0 atom stereocenters. The van der Waals surface area contributed by atoms with Crippen molar-refractivity contribution in [3.63, 3.8) is 0 Å². The van der Waals surface area contributed by atoms with E-state index in [1.165, 1.54) is 16.5 Å². The lowest BCUT2D eigenvalue weighted by atomic mass is 10.1. The molecular weight excluding hydrogens is 352 g/mol. The van der Waals surface area contributed by atoms with E-state index >= 15 is 0 Å². The van der Waals surface area contributed by atoms with Gasteiger partial charge in [-0.1, -0.05) is 42.0 Å². The van der Waals surface area contributed by atoms with Gasteiger partial charge >= 0.3 is 0 Å². The minimum absolute atomic E-state index is 0.0402. The molecule has 0 aliphatic heterocycles. The third-order valence-electron chi connectivity index (χ3n) is 4.85. The maximum absolute atomic E-state index is 12.7. The first-order valence-electron chi connectivity index (χ1n) is 9.40. The molecule has 2 N–H and O–H groups in total. The number of nitrogens with zero attached hydrogens (tertiary/aromatic N) is 2. The number of benzene rings is 2. The van der Waals surface area contributed by atoms with Crippen LogP contribution in [0.4, 0.5) is 0 Å². The van der Waals surface area contributed by atoms with Crippen molar-refractivity contribution in [3.05, 3.63) is 76.3 Å². The highest BCUT2D eigenvalue weighted by molar-refractivity contribution is 6.04. The van der Waals surface area contributed by atoms with E-state index in [1.54, 1.807) is 0 Å². The summed E-state index contributed by atoms with van der Waals surface area (Å²) in [5, 5.41) is 3.80. The van der Waals surface area contributed by atoms with Crippen molar-refractivity contribution in [2.45, 2.75) is 26.3 Å². The Hall–Kier alpha value is -3.41. The summed E-state index contributed by atoms with van der Waals surface area (Å²) in [6, 6.07) is 16.1. The first kappa shape index (κ1) is 18.0. The predicted molar refractivity (Wildman–Crippen MR) is 110 cm³/mol. The molecule has 6 nitrogen and oxygen atoms in total. The van der Waals surface area contributed by atoms with Crippen molar-refractivity contribution in [1.82, 2.24) is 19.9 Å². The third kappa shape index (κ3) is 3.67. The summed E-state index contributed by atoms with van der Waals surface area (Å²) in [6.45, 7) is 2.53. The molecule has 4 aromatic rings. The molecule has 2 heterocycles. The maximum Gasteiger partial charge on any atom is 0.278 e. The van der Waals surface area contributed by atoms with Crippen LogP contribution in [0.2, 0.25) is 0 Å². The molecular formula is C22H22N4O2. The topological polar surface area (TPSA) is 79.8 Å². The first-order chi connectivity index (χ1) is 13.6. The van der Waals surface area contributed by atoms with Gasteiger partial charge in [0.05, 0.1) is 6.33 Å². The van der Waals surface area contributed by atoms with Gasteiger partial charge in [0.1, 0.15) is 17.6 Å². The van der Waals surface area contributed by atoms with Crippen LogP contribution in [0.15, 0.2) is 59.7 Å². The van der Waals surface area contributed by atoms with Crippen LogP contribution in [0.1, 0.15) is 17.5 Å². The van der Waals surface area contributed by atoms with Crippen molar-refractivity contribution >= 4 is 27.8 Å². The van der Waals surface area contributed by atoms with Crippen LogP contribution in [0, 0.1) is 6.92 Å². The van der Waals surface area contributed by atoms with Crippen molar-refractivity contribution in [2.24, 2.45) is 0 Å². The highest BCUT2D eigenvalue weighted by Gasteiger charge is 2.12. The van der Waals surface area contributed by atoms with Gasteiger partial charge in [0.2, 0.25) is 5.91 Å². The smallest absolute Gasteiger partial charge is 0.278 e. The van der Waals surface area contributed by atoms with Crippen LogP contribution in [-0.2, 0) is 17.8 Å². The van der Waals surface area contributed by atoms with Crippen LogP contribution in [0.3, 0.4) is 0 Å². The fourth-order valence-corrected chi connectivity index (χ4v) is 3.39. The Balaban J connectivity index is 1.42. The van der Waals surface area contributed by atoms with Crippen molar-refractivity contribution in [3.8, 4) is 0 Å². The predicted octanol–water partition coefficient (Wildman–Crippen LogP) is 2.94. The number of nitrogens with one attached hydrogen (secondary N) is 2. The van der Waals surface area contributed by atoms with Crippen molar-refractivity contribution < 1.29 is 4.79 Å². The zero-order valence-corrected chi connectivity index (χ0v) is 15.7. The maximum atomic E-state index is 12.7. The van der Waals surface area contributed by atoms with Gasteiger partial charge in [0.25, 0.3) is 5.56 Å². The fraction of sp³-hybridized carbons (Fsp3) is 0.227. The molecule has 0 fully saturated rings. The zero-order chi connectivity index (χ0) is 19.5. The molecule has 0 spiro atoms. The number of carbonyl (C=O) groups is 1. The molecule has 142 valence electrons. The van der Waals surface area contributed by atoms with Gasteiger partial charge in [-0.05, 0) is 37.5 Å². The number of hydrogen-bond donors (Lipinski definition) is 2. The van der Waals surface area contributed by atoms with E-state index in [2.05, 4.69) is 27.4 Å². The standard InChI is InChI=1S/C22H22N4O2/c1-15-9-10-18-17(12-15)20-21(25-18)22(28)26(14-24-20)13-19(27)23-11-5-8-16-6-3-2-4-7-16/h2-4,6-7,9-10,12,14,25H,5,8,11,13H2,1H3,(H,23,27). The average Bonchev–Trinajstić information content (AvgIpc) is 3.07. The monoisotopic (exact) mass is 374 g/mol. The number of aryl methyl sites for hydroxylation is 2. The number of amides is 1. The summed E-state index contributed by atoms with van der Waals surface area (Å²) in [5.74, 6) is -0.191. The number of hydrogen-bond acceptors (Lipinski definition) is 3. The van der Waals surface area contributed by atoms with Gasteiger partial charge in [0, 0.05) is 17.4 Å². The third-order valence-corrected chi connectivity index (χ3v) is 4.85.